The summed E-state index contributed by atoms with van der Waals surface area (Å²) in [4.78, 5) is 13.8. The molecule has 2 N–H and O–H groups in total. The molecule has 7 nitrogen and oxygen atoms in total. The Labute approximate surface area is 175 Å². The number of nitrogens with zero attached hydrogens (tertiary/aromatic N) is 1. The fraction of sp³-hybridized carbons (Fsp3) is 0.632. The molecule has 0 heterocycles. The van der Waals surface area contributed by atoms with E-state index in [2.05, 4.69) is 21.2 Å². The Morgan fingerprint density at radius 1 is 1.25 bits per heavy atom. The van der Waals surface area contributed by atoms with Gasteiger partial charge in [0.15, 0.2) is 9.84 Å². The van der Waals surface area contributed by atoms with Crippen LogP contribution in [0.3, 0.4) is 0 Å². The van der Waals surface area contributed by atoms with E-state index >= 15 is 0 Å². The SMILES string of the molecule is CN(CCCO)C(=O)COC1CCC(NCS(=O)(=O)c2ccc(Br)cc2)CC1. The number of carbonyl (C=O) groups excluding carboxylic acids is 1. The molecule has 2 rings (SSSR count). The van der Waals surface area contributed by atoms with Gasteiger partial charge in [0, 0.05) is 30.7 Å². The highest BCUT2D eigenvalue weighted by Gasteiger charge is 2.24. The number of carbonyl (C=O) groups is 1. The van der Waals surface area contributed by atoms with Crippen LogP contribution in [0, 0.1) is 0 Å². The minimum atomic E-state index is -3.36. The van der Waals surface area contributed by atoms with Crippen LogP contribution in [0.25, 0.3) is 0 Å². The van der Waals surface area contributed by atoms with Crippen LogP contribution in [0.5, 0.6) is 0 Å². The molecular formula is C19H29BrN2O5S. The van der Waals surface area contributed by atoms with Crippen molar-refractivity contribution in [3.63, 3.8) is 0 Å². The number of aliphatic hydroxyl groups excluding tert-OH is 1. The summed E-state index contributed by atoms with van der Waals surface area (Å²) in [5.41, 5.74) is 0. The van der Waals surface area contributed by atoms with E-state index in [0.717, 1.165) is 30.2 Å². The van der Waals surface area contributed by atoms with Crippen LogP contribution in [-0.4, -0.2) is 69.2 Å². The first-order valence-corrected chi connectivity index (χ1v) is 11.9. The summed E-state index contributed by atoms with van der Waals surface area (Å²) in [7, 11) is -1.66. The number of rotatable bonds is 10. The Hall–Kier alpha value is -1.00. The lowest BCUT2D eigenvalue weighted by atomic mass is 9.93. The molecule has 0 bridgehead atoms. The zero-order valence-electron chi connectivity index (χ0n) is 16.1. The number of nitrogens with one attached hydrogen (secondary N) is 1. The third kappa shape index (κ3) is 7.44. The molecule has 1 saturated carbocycles. The van der Waals surface area contributed by atoms with Crippen LogP contribution in [0.2, 0.25) is 0 Å². The van der Waals surface area contributed by atoms with Gasteiger partial charge in [-0.3, -0.25) is 4.79 Å². The molecule has 0 aliphatic heterocycles. The molecule has 1 aromatic rings. The Balaban J connectivity index is 1.69. The first kappa shape index (κ1) is 23.3. The molecule has 28 heavy (non-hydrogen) atoms. The number of benzene rings is 1. The van der Waals surface area contributed by atoms with Gasteiger partial charge in [-0.15, -0.1) is 0 Å². The van der Waals surface area contributed by atoms with E-state index < -0.39 is 9.84 Å². The molecular weight excluding hydrogens is 448 g/mol. The summed E-state index contributed by atoms with van der Waals surface area (Å²) in [6.07, 6.45) is 3.80. The van der Waals surface area contributed by atoms with E-state index in [1.165, 1.54) is 0 Å². The van der Waals surface area contributed by atoms with Gasteiger partial charge in [-0.2, -0.15) is 0 Å². The van der Waals surface area contributed by atoms with Crippen molar-refractivity contribution in [1.29, 1.82) is 0 Å². The van der Waals surface area contributed by atoms with Gasteiger partial charge in [0.2, 0.25) is 5.91 Å². The molecule has 0 radical (unpaired) electrons. The second-order valence-corrected chi connectivity index (χ2v) is 10.00. The number of aliphatic hydroxyl groups is 1. The van der Waals surface area contributed by atoms with Gasteiger partial charge in [-0.25, -0.2) is 8.42 Å². The highest BCUT2D eigenvalue weighted by atomic mass is 79.9. The van der Waals surface area contributed by atoms with E-state index in [4.69, 9.17) is 9.84 Å². The van der Waals surface area contributed by atoms with Crippen LogP contribution in [0.15, 0.2) is 33.6 Å². The summed E-state index contributed by atoms with van der Waals surface area (Å²) in [6, 6.07) is 6.77. The number of halogens is 1. The fourth-order valence-electron chi connectivity index (χ4n) is 3.12. The second kappa shape index (κ2) is 11.3. The minimum absolute atomic E-state index is 0.0244. The van der Waals surface area contributed by atoms with Gasteiger partial charge in [-0.05, 0) is 56.4 Å². The lowest BCUT2D eigenvalue weighted by Crippen LogP contribution is -2.39. The minimum Gasteiger partial charge on any atom is -0.396 e. The molecule has 0 spiro atoms. The molecule has 158 valence electrons. The van der Waals surface area contributed by atoms with Crippen molar-refractivity contribution in [1.82, 2.24) is 10.2 Å². The second-order valence-electron chi connectivity index (χ2n) is 7.09. The normalized spacial score (nSPS) is 20.1. The van der Waals surface area contributed by atoms with Gasteiger partial charge in [0.25, 0.3) is 0 Å². The van der Waals surface area contributed by atoms with Gasteiger partial charge in [-0.1, -0.05) is 15.9 Å². The van der Waals surface area contributed by atoms with Crippen molar-refractivity contribution >= 4 is 31.7 Å². The quantitative estimate of drug-likeness (QED) is 0.535. The Bertz CT molecular complexity index is 718. The van der Waals surface area contributed by atoms with Crippen molar-refractivity contribution in [2.24, 2.45) is 0 Å². The average molecular weight is 477 g/mol. The number of ether oxygens (including phenoxy) is 1. The molecule has 1 aromatic carbocycles. The van der Waals surface area contributed by atoms with Crippen LogP contribution in [0.1, 0.15) is 32.1 Å². The summed E-state index contributed by atoms with van der Waals surface area (Å²) in [6.45, 7) is 0.623. The maximum Gasteiger partial charge on any atom is 0.248 e. The topological polar surface area (TPSA) is 95.9 Å². The largest absolute Gasteiger partial charge is 0.396 e. The summed E-state index contributed by atoms with van der Waals surface area (Å²) < 4.78 is 31.4. The first-order chi connectivity index (χ1) is 13.3. The van der Waals surface area contributed by atoms with E-state index in [9.17, 15) is 13.2 Å². The Kier molecular flexibility index (Phi) is 9.36. The number of hydrogen-bond donors (Lipinski definition) is 2. The van der Waals surface area contributed by atoms with E-state index in [0.29, 0.717) is 17.9 Å². The first-order valence-electron chi connectivity index (χ1n) is 9.50. The number of likely N-dealkylation sites (N-methyl/N-ethyl adjacent to an activating group) is 1. The Morgan fingerprint density at radius 3 is 2.50 bits per heavy atom. The van der Waals surface area contributed by atoms with Gasteiger partial charge in [0.05, 0.1) is 11.0 Å². The van der Waals surface area contributed by atoms with Crippen LogP contribution in [0.4, 0.5) is 0 Å². The van der Waals surface area contributed by atoms with Gasteiger partial charge >= 0.3 is 0 Å². The number of hydrogen-bond acceptors (Lipinski definition) is 6. The predicted octanol–water partition coefficient (Wildman–Crippen LogP) is 1.94. The van der Waals surface area contributed by atoms with Gasteiger partial charge < -0.3 is 20.1 Å². The monoisotopic (exact) mass is 476 g/mol. The summed E-state index contributed by atoms with van der Waals surface area (Å²) in [5, 5.41) is 12.0. The van der Waals surface area contributed by atoms with Crippen LogP contribution >= 0.6 is 15.9 Å². The molecule has 0 aromatic heterocycles. The van der Waals surface area contributed by atoms with Crippen molar-refractivity contribution in [2.75, 3.05) is 32.7 Å². The van der Waals surface area contributed by atoms with Crippen molar-refractivity contribution in [3.05, 3.63) is 28.7 Å². The highest BCUT2D eigenvalue weighted by Crippen LogP contribution is 2.22. The lowest BCUT2D eigenvalue weighted by Gasteiger charge is -2.29. The third-order valence-corrected chi connectivity index (χ3v) is 6.99. The van der Waals surface area contributed by atoms with E-state index in [1.807, 2.05) is 0 Å². The zero-order valence-corrected chi connectivity index (χ0v) is 18.5. The smallest absolute Gasteiger partial charge is 0.248 e. The van der Waals surface area contributed by atoms with E-state index in [1.54, 1.807) is 36.2 Å². The van der Waals surface area contributed by atoms with Crippen LogP contribution < -0.4 is 5.32 Å². The zero-order chi connectivity index (χ0) is 20.6. The molecule has 0 unspecified atom stereocenters. The molecule has 1 amide bonds. The van der Waals surface area contributed by atoms with E-state index in [-0.39, 0.29) is 37.1 Å². The van der Waals surface area contributed by atoms with Crippen LogP contribution in [-0.2, 0) is 19.4 Å². The highest BCUT2D eigenvalue weighted by molar-refractivity contribution is 9.10. The van der Waals surface area contributed by atoms with Crippen molar-refractivity contribution in [3.8, 4) is 0 Å². The number of amides is 1. The molecule has 1 aliphatic carbocycles. The average Bonchev–Trinajstić information content (AvgIpc) is 2.69. The molecule has 0 atom stereocenters. The van der Waals surface area contributed by atoms with Gasteiger partial charge in [0.1, 0.15) is 12.5 Å². The molecule has 1 fully saturated rings. The predicted molar refractivity (Wildman–Crippen MR) is 111 cm³/mol. The molecule has 9 heteroatoms. The maximum atomic E-state index is 12.4. The standard InChI is InChI=1S/C19H29BrN2O5S/c1-22(11-2-12-23)19(24)13-27-17-7-5-16(6-8-17)21-14-28(25,26)18-9-3-15(20)4-10-18/h3-4,9-10,16-17,21,23H,2,5-8,11-14H2,1H3. The third-order valence-electron chi connectivity index (χ3n) is 4.93. The molecule has 0 saturated heterocycles. The van der Waals surface area contributed by atoms with Crippen molar-refractivity contribution in [2.45, 2.75) is 49.1 Å². The van der Waals surface area contributed by atoms with Crippen molar-refractivity contribution < 1.29 is 23.1 Å². The summed E-state index contributed by atoms with van der Waals surface area (Å²) in [5.74, 6) is -0.173. The molecule has 1 aliphatic rings. The Morgan fingerprint density at radius 2 is 1.89 bits per heavy atom. The summed E-state index contributed by atoms with van der Waals surface area (Å²) >= 11 is 3.30. The number of sulfone groups is 1. The fourth-order valence-corrected chi connectivity index (χ4v) is 4.56. The maximum absolute atomic E-state index is 12.4. The lowest BCUT2D eigenvalue weighted by molar-refractivity contribution is -0.137.